The van der Waals surface area contributed by atoms with Crippen LogP contribution in [0.25, 0.3) is 0 Å². The summed E-state index contributed by atoms with van der Waals surface area (Å²) < 4.78 is 10.5. The van der Waals surface area contributed by atoms with Crippen molar-refractivity contribution in [3.05, 3.63) is 18.0 Å². The molecule has 1 aromatic heterocycles. The van der Waals surface area contributed by atoms with E-state index in [0.717, 1.165) is 18.5 Å². The summed E-state index contributed by atoms with van der Waals surface area (Å²) in [6.45, 7) is 2.93. The lowest BCUT2D eigenvalue weighted by Crippen LogP contribution is -2.26. The molecule has 1 aromatic rings. The van der Waals surface area contributed by atoms with Crippen molar-refractivity contribution >= 4 is 0 Å². The minimum Gasteiger partial charge on any atom is -0.493 e. The summed E-state index contributed by atoms with van der Waals surface area (Å²) in [7, 11) is 3.22. The van der Waals surface area contributed by atoms with E-state index < -0.39 is 0 Å². The van der Waals surface area contributed by atoms with Crippen molar-refractivity contribution in [3.63, 3.8) is 0 Å². The summed E-state index contributed by atoms with van der Waals surface area (Å²) in [6.07, 6.45) is 3.44. The Morgan fingerprint density at radius 2 is 2.17 bits per heavy atom. The number of aromatic nitrogens is 1. The van der Waals surface area contributed by atoms with Gasteiger partial charge in [-0.1, -0.05) is 0 Å². The molecule has 0 amide bonds. The highest BCUT2D eigenvalue weighted by molar-refractivity contribution is 5.42. The smallest absolute Gasteiger partial charge is 0.183 e. The van der Waals surface area contributed by atoms with Gasteiger partial charge in [0, 0.05) is 31.5 Å². The van der Waals surface area contributed by atoms with E-state index in [9.17, 15) is 0 Å². The van der Waals surface area contributed by atoms with Crippen LogP contribution >= 0.6 is 0 Å². The second-order valence-electron chi connectivity index (χ2n) is 4.14. The molecule has 5 nitrogen and oxygen atoms in total. The van der Waals surface area contributed by atoms with Crippen LogP contribution in [-0.4, -0.2) is 37.0 Å². The van der Waals surface area contributed by atoms with E-state index in [1.54, 1.807) is 26.5 Å². The molecule has 0 aromatic carbocycles. The van der Waals surface area contributed by atoms with Crippen LogP contribution in [0.1, 0.15) is 25.5 Å². The fourth-order valence-electron chi connectivity index (χ4n) is 1.75. The van der Waals surface area contributed by atoms with Gasteiger partial charge in [0.2, 0.25) is 0 Å². The third-order valence-electron chi connectivity index (χ3n) is 2.78. The number of nitrogens with zero attached hydrogens (tertiary/aromatic N) is 1. The number of rotatable bonds is 8. The minimum absolute atomic E-state index is 0.229. The van der Waals surface area contributed by atoms with Crippen molar-refractivity contribution in [2.75, 3.05) is 20.8 Å². The fraction of sp³-hybridized carbons (Fsp3) is 0.615. The molecule has 0 aliphatic rings. The summed E-state index contributed by atoms with van der Waals surface area (Å²) in [5.41, 5.74) is 0.827. The van der Waals surface area contributed by atoms with Gasteiger partial charge in [-0.15, -0.1) is 0 Å². The highest BCUT2D eigenvalue weighted by atomic mass is 16.5. The maximum absolute atomic E-state index is 8.77. The van der Waals surface area contributed by atoms with Gasteiger partial charge in [0.1, 0.15) is 0 Å². The zero-order valence-corrected chi connectivity index (χ0v) is 11.3. The zero-order valence-electron chi connectivity index (χ0n) is 11.3. The molecule has 102 valence electrons. The molecule has 0 aliphatic heterocycles. The minimum atomic E-state index is 0.229. The molecule has 1 unspecified atom stereocenters. The maximum Gasteiger partial charge on any atom is 0.183 e. The van der Waals surface area contributed by atoms with E-state index in [4.69, 9.17) is 14.6 Å². The number of methoxy groups -OCH3 is 2. The highest BCUT2D eigenvalue weighted by Crippen LogP contribution is 2.28. The van der Waals surface area contributed by atoms with Crippen molar-refractivity contribution in [2.45, 2.75) is 32.4 Å². The lowest BCUT2D eigenvalue weighted by atomic mass is 10.2. The van der Waals surface area contributed by atoms with Crippen molar-refractivity contribution < 1.29 is 14.6 Å². The first-order valence-corrected chi connectivity index (χ1v) is 6.13. The molecule has 0 aliphatic carbocycles. The monoisotopic (exact) mass is 254 g/mol. The highest BCUT2D eigenvalue weighted by Gasteiger charge is 2.11. The van der Waals surface area contributed by atoms with Gasteiger partial charge >= 0.3 is 0 Å². The molecule has 0 fully saturated rings. The van der Waals surface area contributed by atoms with Crippen LogP contribution < -0.4 is 14.8 Å². The molecule has 0 bridgehead atoms. The number of nitrogens with one attached hydrogen (secondary N) is 1. The molecule has 2 N–H and O–H groups in total. The number of aliphatic hydroxyl groups excluding tert-OH is 1. The Morgan fingerprint density at radius 1 is 1.39 bits per heavy atom. The quantitative estimate of drug-likeness (QED) is 0.733. The zero-order chi connectivity index (χ0) is 13.4. The lowest BCUT2D eigenvalue weighted by Gasteiger charge is -2.15. The van der Waals surface area contributed by atoms with Gasteiger partial charge in [0.15, 0.2) is 11.5 Å². The molecule has 1 heterocycles. The van der Waals surface area contributed by atoms with Gasteiger partial charge < -0.3 is 19.9 Å². The Morgan fingerprint density at radius 3 is 2.78 bits per heavy atom. The molecule has 0 saturated heterocycles. The number of hydrogen-bond acceptors (Lipinski definition) is 5. The lowest BCUT2D eigenvalue weighted by molar-refractivity contribution is 0.276. The van der Waals surface area contributed by atoms with Crippen molar-refractivity contribution in [3.8, 4) is 11.5 Å². The average Bonchev–Trinajstić information content (AvgIpc) is 2.41. The number of aliphatic hydroxyl groups is 1. The van der Waals surface area contributed by atoms with E-state index in [1.807, 2.05) is 0 Å². The largest absolute Gasteiger partial charge is 0.493 e. The predicted octanol–water partition coefficient (Wildman–Crippen LogP) is 1.35. The van der Waals surface area contributed by atoms with E-state index >= 15 is 0 Å². The van der Waals surface area contributed by atoms with Crippen LogP contribution in [0.15, 0.2) is 12.3 Å². The van der Waals surface area contributed by atoms with E-state index in [-0.39, 0.29) is 6.61 Å². The topological polar surface area (TPSA) is 63.6 Å². The first-order valence-electron chi connectivity index (χ1n) is 6.13. The molecular weight excluding hydrogens is 232 g/mol. The normalized spacial score (nSPS) is 12.2. The summed E-state index contributed by atoms with van der Waals surface area (Å²) in [4.78, 5) is 4.29. The Bertz CT molecular complexity index is 358. The van der Waals surface area contributed by atoms with E-state index in [0.29, 0.717) is 24.1 Å². The van der Waals surface area contributed by atoms with E-state index in [1.165, 1.54) is 0 Å². The van der Waals surface area contributed by atoms with Gasteiger partial charge in [-0.05, 0) is 19.8 Å². The molecule has 0 spiro atoms. The molecule has 18 heavy (non-hydrogen) atoms. The second-order valence-corrected chi connectivity index (χ2v) is 4.14. The predicted molar refractivity (Wildman–Crippen MR) is 70.0 cm³/mol. The van der Waals surface area contributed by atoms with Crippen LogP contribution in [-0.2, 0) is 6.54 Å². The standard InChI is InChI=1S/C13H22N2O3/c1-10(5-4-8-16)15-9-11-13(18-3)12(17-2)6-7-14-11/h6-7,10,15-16H,4-5,8-9H2,1-3H3. The van der Waals surface area contributed by atoms with Gasteiger partial charge in [0.05, 0.1) is 19.9 Å². The van der Waals surface area contributed by atoms with Gasteiger partial charge in [-0.3, -0.25) is 4.98 Å². The van der Waals surface area contributed by atoms with Crippen molar-refractivity contribution in [1.82, 2.24) is 10.3 Å². The van der Waals surface area contributed by atoms with Crippen LogP contribution in [0.3, 0.4) is 0 Å². The second kappa shape index (κ2) is 7.89. The molecule has 0 radical (unpaired) electrons. The summed E-state index contributed by atoms with van der Waals surface area (Å²) in [5, 5.41) is 12.1. The molecular formula is C13H22N2O3. The first-order chi connectivity index (χ1) is 8.72. The summed E-state index contributed by atoms with van der Waals surface area (Å²) in [5.74, 6) is 1.36. The number of pyridine rings is 1. The van der Waals surface area contributed by atoms with E-state index in [2.05, 4.69) is 17.2 Å². The summed E-state index contributed by atoms with van der Waals surface area (Å²) >= 11 is 0. The number of ether oxygens (including phenoxy) is 2. The van der Waals surface area contributed by atoms with Crippen LogP contribution in [0.5, 0.6) is 11.5 Å². The fourth-order valence-corrected chi connectivity index (χ4v) is 1.75. The first kappa shape index (κ1) is 14.7. The Labute approximate surface area is 108 Å². The molecule has 1 rings (SSSR count). The summed E-state index contributed by atoms with van der Waals surface area (Å²) in [6, 6.07) is 2.10. The van der Waals surface area contributed by atoms with Crippen molar-refractivity contribution in [2.24, 2.45) is 0 Å². The Kier molecular flexibility index (Phi) is 6.46. The SMILES string of the molecule is COc1ccnc(CNC(C)CCCO)c1OC. The third kappa shape index (κ3) is 4.16. The Balaban J connectivity index is 2.61. The maximum atomic E-state index is 8.77. The molecule has 1 atom stereocenters. The van der Waals surface area contributed by atoms with Crippen LogP contribution in [0, 0.1) is 0 Å². The van der Waals surface area contributed by atoms with Gasteiger partial charge in [-0.2, -0.15) is 0 Å². The van der Waals surface area contributed by atoms with Crippen LogP contribution in [0.2, 0.25) is 0 Å². The number of hydrogen-bond donors (Lipinski definition) is 2. The Hall–Kier alpha value is -1.33. The van der Waals surface area contributed by atoms with Crippen molar-refractivity contribution in [1.29, 1.82) is 0 Å². The third-order valence-corrected chi connectivity index (χ3v) is 2.78. The van der Waals surface area contributed by atoms with Gasteiger partial charge in [0.25, 0.3) is 0 Å². The van der Waals surface area contributed by atoms with Crippen LogP contribution in [0.4, 0.5) is 0 Å². The molecule has 5 heteroatoms. The van der Waals surface area contributed by atoms with Gasteiger partial charge in [-0.25, -0.2) is 0 Å². The molecule has 0 saturated carbocycles. The average molecular weight is 254 g/mol.